The second-order valence-electron chi connectivity index (χ2n) is 17.1. The lowest BCUT2D eigenvalue weighted by molar-refractivity contribution is -0.124. The minimum absolute atomic E-state index is 0.0101. The number of hydrogen-bond donors (Lipinski definition) is 4. The molecule has 4 N–H and O–H groups in total. The molecule has 0 fully saturated rings. The summed E-state index contributed by atoms with van der Waals surface area (Å²) < 4.78 is 0. The molecule has 0 aromatic rings. The van der Waals surface area contributed by atoms with Gasteiger partial charge >= 0.3 is 0 Å². The Morgan fingerprint density at radius 2 is 0.764 bits per heavy atom. The fraction of sp³-hybridized carbons (Fsp3) is 0.900. The third kappa shape index (κ3) is 42.3. The summed E-state index contributed by atoms with van der Waals surface area (Å²) >= 11 is 0. The molecule has 0 saturated carbocycles. The highest BCUT2D eigenvalue weighted by molar-refractivity contribution is 5.76. The summed E-state index contributed by atoms with van der Waals surface area (Å²) in [6.45, 7) is 4.23. The number of hydrogen-bond acceptors (Lipinski definition) is 4. The maximum Gasteiger partial charge on any atom is 0.222 e. The number of aliphatic hydroxyl groups is 3. The monoisotopic (exact) mass is 776 g/mol. The van der Waals surface area contributed by atoms with Crippen molar-refractivity contribution >= 4 is 5.91 Å². The molecule has 0 aromatic carbocycles. The number of amides is 1. The van der Waals surface area contributed by atoms with E-state index >= 15 is 0 Å². The first-order valence-corrected chi connectivity index (χ1v) is 24.6. The largest absolute Gasteiger partial charge is 0.394 e. The lowest BCUT2D eigenvalue weighted by atomic mass is 10.0. The third-order valence-corrected chi connectivity index (χ3v) is 11.5. The van der Waals surface area contributed by atoms with Crippen LogP contribution in [-0.4, -0.2) is 46.1 Å². The van der Waals surface area contributed by atoms with Crippen molar-refractivity contribution in [3.05, 3.63) is 24.3 Å². The first-order chi connectivity index (χ1) is 27.0. The number of carbonyl (C=O) groups is 1. The van der Waals surface area contributed by atoms with Gasteiger partial charge < -0.3 is 20.6 Å². The van der Waals surface area contributed by atoms with Gasteiger partial charge in [0.25, 0.3) is 0 Å². The van der Waals surface area contributed by atoms with Crippen LogP contribution in [0.4, 0.5) is 0 Å². The SMILES string of the molecule is CCCCCCCCCCCC/C=C\CCCCCCCC(O)CC(=O)NC(CO)C(O)/C=C/CCCCCCCCCCCCCCCCCCCCC. The van der Waals surface area contributed by atoms with Crippen LogP contribution in [0.25, 0.3) is 0 Å². The average Bonchev–Trinajstić information content (AvgIpc) is 3.18. The second-order valence-corrected chi connectivity index (χ2v) is 17.1. The molecule has 0 bridgehead atoms. The molecule has 0 aliphatic rings. The smallest absolute Gasteiger partial charge is 0.222 e. The Bertz CT molecular complexity index is 814. The molecule has 5 heteroatoms. The normalized spacial score (nSPS) is 13.6. The highest BCUT2D eigenvalue weighted by Gasteiger charge is 2.20. The lowest BCUT2D eigenvalue weighted by Gasteiger charge is -2.21. The Balaban J connectivity index is 3.63. The minimum atomic E-state index is -0.930. The number of carbonyl (C=O) groups excluding carboxylic acids is 1. The lowest BCUT2D eigenvalue weighted by Crippen LogP contribution is -2.45. The summed E-state index contributed by atoms with van der Waals surface area (Å²) in [5.74, 6) is -0.317. The van der Waals surface area contributed by atoms with Gasteiger partial charge in [-0.1, -0.05) is 237 Å². The molecule has 0 aromatic heterocycles. The van der Waals surface area contributed by atoms with Crippen molar-refractivity contribution in [2.45, 2.75) is 283 Å². The minimum Gasteiger partial charge on any atom is -0.394 e. The number of rotatable bonds is 45. The summed E-state index contributed by atoms with van der Waals surface area (Å²) in [6, 6.07) is -0.745. The van der Waals surface area contributed by atoms with Crippen molar-refractivity contribution < 1.29 is 20.1 Å². The van der Waals surface area contributed by atoms with Crippen LogP contribution in [0.3, 0.4) is 0 Å². The molecule has 0 heterocycles. The van der Waals surface area contributed by atoms with Crippen molar-refractivity contribution in [1.29, 1.82) is 0 Å². The molecule has 326 valence electrons. The Labute approximate surface area is 343 Å². The van der Waals surface area contributed by atoms with Crippen LogP contribution >= 0.6 is 0 Å². The van der Waals surface area contributed by atoms with Crippen molar-refractivity contribution in [1.82, 2.24) is 5.32 Å². The van der Waals surface area contributed by atoms with Crippen LogP contribution in [0.1, 0.15) is 264 Å². The number of nitrogens with one attached hydrogen (secondary N) is 1. The van der Waals surface area contributed by atoms with Gasteiger partial charge in [-0.3, -0.25) is 4.79 Å². The standard InChI is InChI=1S/C50H97NO4/c1-3-5-7-9-11-13-15-17-19-21-23-24-26-28-30-32-34-36-38-40-42-44-49(54)48(46-52)51-50(55)45-47(53)43-41-39-37-35-33-31-29-27-25-22-20-18-16-14-12-10-8-6-4-2/h27,29,42,44,47-49,52-54H,3-26,28,30-41,43,45-46H2,1-2H3,(H,51,55)/b29-27-,44-42+. The zero-order chi connectivity index (χ0) is 40.1. The topological polar surface area (TPSA) is 89.8 Å². The maximum atomic E-state index is 12.5. The predicted octanol–water partition coefficient (Wildman–Crippen LogP) is 14.6. The Kier molecular flexibility index (Phi) is 44.6. The van der Waals surface area contributed by atoms with Crippen LogP contribution in [0.5, 0.6) is 0 Å². The van der Waals surface area contributed by atoms with Gasteiger partial charge in [0.2, 0.25) is 5.91 Å². The van der Waals surface area contributed by atoms with E-state index in [1.807, 2.05) is 6.08 Å². The molecule has 0 aliphatic heterocycles. The van der Waals surface area contributed by atoms with E-state index in [-0.39, 0.29) is 18.9 Å². The van der Waals surface area contributed by atoms with Gasteiger partial charge in [-0.25, -0.2) is 0 Å². The molecule has 1 amide bonds. The van der Waals surface area contributed by atoms with Crippen molar-refractivity contribution in [2.24, 2.45) is 0 Å². The first-order valence-electron chi connectivity index (χ1n) is 24.6. The van der Waals surface area contributed by atoms with Crippen LogP contribution < -0.4 is 5.32 Å². The van der Waals surface area contributed by atoms with Gasteiger partial charge in [0, 0.05) is 0 Å². The first kappa shape index (κ1) is 53.8. The van der Waals surface area contributed by atoms with E-state index in [2.05, 4.69) is 31.3 Å². The van der Waals surface area contributed by atoms with Gasteiger partial charge in [-0.15, -0.1) is 0 Å². The fourth-order valence-corrected chi connectivity index (χ4v) is 7.69. The molecule has 0 spiro atoms. The predicted molar refractivity (Wildman–Crippen MR) is 241 cm³/mol. The fourth-order valence-electron chi connectivity index (χ4n) is 7.69. The summed E-state index contributed by atoms with van der Waals surface area (Å²) in [5.41, 5.74) is 0. The van der Waals surface area contributed by atoms with Crippen molar-refractivity contribution in [2.75, 3.05) is 6.61 Å². The Morgan fingerprint density at radius 3 is 1.11 bits per heavy atom. The van der Waals surface area contributed by atoms with E-state index in [1.165, 1.54) is 199 Å². The zero-order valence-corrected chi connectivity index (χ0v) is 37.1. The molecule has 55 heavy (non-hydrogen) atoms. The summed E-state index contributed by atoms with van der Waals surface area (Å²) in [4.78, 5) is 12.5. The quantitative estimate of drug-likeness (QED) is 0.0366. The van der Waals surface area contributed by atoms with Gasteiger partial charge in [-0.2, -0.15) is 0 Å². The van der Waals surface area contributed by atoms with Crippen LogP contribution in [0.15, 0.2) is 24.3 Å². The van der Waals surface area contributed by atoms with E-state index in [1.54, 1.807) is 6.08 Å². The molecular formula is C50H97NO4. The van der Waals surface area contributed by atoms with E-state index in [4.69, 9.17) is 0 Å². The van der Waals surface area contributed by atoms with Gasteiger partial charge in [-0.05, 0) is 44.9 Å². The second kappa shape index (κ2) is 45.5. The van der Waals surface area contributed by atoms with Gasteiger partial charge in [0.15, 0.2) is 0 Å². The molecular weight excluding hydrogens is 679 g/mol. The van der Waals surface area contributed by atoms with E-state index in [9.17, 15) is 20.1 Å². The molecule has 5 nitrogen and oxygen atoms in total. The zero-order valence-electron chi connectivity index (χ0n) is 37.1. The summed E-state index contributed by atoms with van der Waals surface area (Å²) in [5, 5.41) is 33.3. The van der Waals surface area contributed by atoms with E-state index in [0.29, 0.717) is 6.42 Å². The third-order valence-electron chi connectivity index (χ3n) is 11.5. The molecule has 0 aliphatic carbocycles. The summed E-state index contributed by atoms with van der Waals surface area (Å²) in [6.07, 6.45) is 56.2. The summed E-state index contributed by atoms with van der Waals surface area (Å²) in [7, 11) is 0. The highest BCUT2D eigenvalue weighted by Crippen LogP contribution is 2.16. The van der Waals surface area contributed by atoms with E-state index in [0.717, 1.165) is 38.5 Å². The Hall–Kier alpha value is -1.17. The van der Waals surface area contributed by atoms with Gasteiger partial charge in [0.05, 0.1) is 31.3 Å². The number of aliphatic hydroxyl groups excluding tert-OH is 3. The maximum absolute atomic E-state index is 12.5. The highest BCUT2D eigenvalue weighted by atomic mass is 16.3. The molecule has 0 rings (SSSR count). The molecule has 3 unspecified atom stereocenters. The van der Waals surface area contributed by atoms with Crippen LogP contribution in [0, 0.1) is 0 Å². The number of unbranched alkanes of at least 4 members (excludes halogenated alkanes) is 34. The van der Waals surface area contributed by atoms with Crippen molar-refractivity contribution in [3.63, 3.8) is 0 Å². The molecule has 3 atom stereocenters. The average molecular weight is 776 g/mol. The van der Waals surface area contributed by atoms with Crippen LogP contribution in [0.2, 0.25) is 0 Å². The van der Waals surface area contributed by atoms with Crippen LogP contribution in [-0.2, 0) is 4.79 Å². The molecule has 0 radical (unpaired) electrons. The Morgan fingerprint density at radius 1 is 0.455 bits per heavy atom. The van der Waals surface area contributed by atoms with Gasteiger partial charge in [0.1, 0.15) is 0 Å². The molecule has 0 saturated heterocycles. The van der Waals surface area contributed by atoms with Crippen molar-refractivity contribution in [3.8, 4) is 0 Å². The van der Waals surface area contributed by atoms with E-state index < -0.39 is 18.2 Å². The number of allylic oxidation sites excluding steroid dienone is 3.